The van der Waals surface area contributed by atoms with Crippen molar-refractivity contribution in [2.24, 2.45) is 5.92 Å². The normalized spacial score (nSPS) is 14.4. The third-order valence-electron chi connectivity index (χ3n) is 2.15. The standard InChI is InChI=1S/C9H20O3S/c1-3-4-6-9(2)7-5-8-13(10,11)12/h9H,3-8H2,1-2H3,(H,10,11,12). The minimum absolute atomic E-state index is 0.0938. The lowest BCUT2D eigenvalue weighted by molar-refractivity contribution is 0.451. The zero-order valence-corrected chi connectivity index (χ0v) is 9.31. The largest absolute Gasteiger partial charge is 0.286 e. The molecule has 0 aromatic carbocycles. The molecular weight excluding hydrogens is 188 g/mol. The van der Waals surface area contributed by atoms with E-state index >= 15 is 0 Å². The van der Waals surface area contributed by atoms with Gasteiger partial charge >= 0.3 is 0 Å². The van der Waals surface area contributed by atoms with Gasteiger partial charge in [-0.05, 0) is 18.8 Å². The molecule has 13 heavy (non-hydrogen) atoms. The van der Waals surface area contributed by atoms with Gasteiger partial charge in [-0.1, -0.05) is 33.1 Å². The molecule has 0 heterocycles. The molecule has 3 nitrogen and oxygen atoms in total. The van der Waals surface area contributed by atoms with Gasteiger partial charge in [0.2, 0.25) is 0 Å². The Kier molecular flexibility index (Phi) is 6.33. The van der Waals surface area contributed by atoms with Gasteiger partial charge in [0, 0.05) is 0 Å². The molecule has 0 aliphatic carbocycles. The van der Waals surface area contributed by atoms with Crippen LogP contribution in [0.1, 0.15) is 46.0 Å². The fourth-order valence-corrected chi connectivity index (χ4v) is 1.84. The van der Waals surface area contributed by atoms with Gasteiger partial charge in [-0.25, -0.2) is 0 Å². The third-order valence-corrected chi connectivity index (χ3v) is 2.95. The highest BCUT2D eigenvalue weighted by molar-refractivity contribution is 7.85. The van der Waals surface area contributed by atoms with Crippen LogP contribution in [0, 0.1) is 5.92 Å². The maximum absolute atomic E-state index is 10.4. The summed E-state index contributed by atoms with van der Waals surface area (Å²) in [5.74, 6) is 0.477. The van der Waals surface area contributed by atoms with Crippen molar-refractivity contribution in [3.8, 4) is 0 Å². The van der Waals surface area contributed by atoms with Crippen LogP contribution in [0.25, 0.3) is 0 Å². The van der Waals surface area contributed by atoms with E-state index < -0.39 is 10.1 Å². The molecule has 1 N–H and O–H groups in total. The zero-order chi connectivity index (χ0) is 10.3. The van der Waals surface area contributed by atoms with E-state index in [2.05, 4.69) is 13.8 Å². The molecule has 0 bridgehead atoms. The molecule has 80 valence electrons. The molecule has 0 aliphatic rings. The summed E-state index contributed by atoms with van der Waals surface area (Å²) >= 11 is 0. The first kappa shape index (κ1) is 12.9. The highest BCUT2D eigenvalue weighted by Crippen LogP contribution is 2.13. The lowest BCUT2D eigenvalue weighted by Crippen LogP contribution is -2.05. The Bertz CT molecular complexity index is 209. The van der Waals surface area contributed by atoms with Crippen LogP contribution in [0.3, 0.4) is 0 Å². The van der Waals surface area contributed by atoms with Gasteiger partial charge < -0.3 is 0 Å². The van der Waals surface area contributed by atoms with Gasteiger partial charge in [0.05, 0.1) is 5.75 Å². The van der Waals surface area contributed by atoms with Crippen molar-refractivity contribution in [1.82, 2.24) is 0 Å². The Morgan fingerprint density at radius 3 is 2.23 bits per heavy atom. The monoisotopic (exact) mass is 208 g/mol. The van der Waals surface area contributed by atoms with Crippen LogP contribution in [0.15, 0.2) is 0 Å². The molecular formula is C9H20O3S. The molecule has 4 heteroatoms. The minimum Gasteiger partial charge on any atom is -0.286 e. The van der Waals surface area contributed by atoms with E-state index in [-0.39, 0.29) is 5.75 Å². The summed E-state index contributed by atoms with van der Waals surface area (Å²) in [4.78, 5) is 0. The van der Waals surface area contributed by atoms with Crippen molar-refractivity contribution in [3.05, 3.63) is 0 Å². The molecule has 0 aromatic rings. The second-order valence-electron chi connectivity index (χ2n) is 3.68. The summed E-state index contributed by atoms with van der Waals surface area (Å²) in [6.07, 6.45) is 5.00. The lowest BCUT2D eigenvalue weighted by Gasteiger charge is -2.08. The van der Waals surface area contributed by atoms with Crippen molar-refractivity contribution in [2.45, 2.75) is 46.0 Å². The van der Waals surface area contributed by atoms with Gasteiger partial charge in [0.25, 0.3) is 10.1 Å². The fourth-order valence-electron chi connectivity index (χ4n) is 1.31. The summed E-state index contributed by atoms with van der Waals surface area (Å²) in [6.45, 7) is 4.27. The Morgan fingerprint density at radius 1 is 1.23 bits per heavy atom. The van der Waals surface area contributed by atoms with Crippen LogP contribution in [-0.4, -0.2) is 18.7 Å². The van der Waals surface area contributed by atoms with Crippen LogP contribution in [0.4, 0.5) is 0 Å². The van der Waals surface area contributed by atoms with Gasteiger partial charge in [-0.15, -0.1) is 0 Å². The van der Waals surface area contributed by atoms with Gasteiger partial charge in [-0.3, -0.25) is 4.55 Å². The molecule has 0 amide bonds. The molecule has 0 saturated carbocycles. The van der Waals surface area contributed by atoms with Crippen molar-refractivity contribution < 1.29 is 13.0 Å². The number of unbranched alkanes of at least 4 members (excludes halogenated alkanes) is 1. The summed E-state index contributed by atoms with van der Waals surface area (Å²) in [5.41, 5.74) is 0. The fraction of sp³-hybridized carbons (Fsp3) is 1.00. The van der Waals surface area contributed by atoms with Crippen LogP contribution >= 0.6 is 0 Å². The van der Waals surface area contributed by atoms with Crippen molar-refractivity contribution in [3.63, 3.8) is 0 Å². The minimum atomic E-state index is -3.74. The maximum atomic E-state index is 10.4. The van der Waals surface area contributed by atoms with Crippen molar-refractivity contribution in [2.75, 3.05) is 5.75 Å². The van der Waals surface area contributed by atoms with E-state index in [1.807, 2.05) is 0 Å². The van der Waals surface area contributed by atoms with E-state index in [9.17, 15) is 8.42 Å². The smallest absolute Gasteiger partial charge is 0.264 e. The number of rotatable bonds is 7. The first-order valence-corrected chi connectivity index (χ1v) is 6.51. The lowest BCUT2D eigenvalue weighted by atomic mass is 10.00. The van der Waals surface area contributed by atoms with Crippen molar-refractivity contribution >= 4 is 10.1 Å². The Balaban J connectivity index is 3.42. The van der Waals surface area contributed by atoms with E-state index in [4.69, 9.17) is 4.55 Å². The van der Waals surface area contributed by atoms with E-state index in [0.29, 0.717) is 12.3 Å². The quantitative estimate of drug-likeness (QED) is 0.654. The summed E-state index contributed by atoms with van der Waals surface area (Å²) in [7, 11) is -3.74. The van der Waals surface area contributed by atoms with Gasteiger partial charge in [0.1, 0.15) is 0 Å². The molecule has 0 spiro atoms. The highest BCUT2D eigenvalue weighted by atomic mass is 32.2. The molecule has 1 unspecified atom stereocenters. The first-order valence-electron chi connectivity index (χ1n) is 4.91. The second-order valence-corrected chi connectivity index (χ2v) is 5.25. The molecule has 0 fully saturated rings. The van der Waals surface area contributed by atoms with E-state index in [0.717, 1.165) is 12.8 Å². The van der Waals surface area contributed by atoms with Crippen LogP contribution in [0.5, 0.6) is 0 Å². The molecule has 0 aliphatic heterocycles. The average molecular weight is 208 g/mol. The van der Waals surface area contributed by atoms with Crippen molar-refractivity contribution in [1.29, 1.82) is 0 Å². The summed E-state index contributed by atoms with van der Waals surface area (Å²) in [5, 5.41) is 0. The van der Waals surface area contributed by atoms with Crippen LogP contribution in [-0.2, 0) is 10.1 Å². The van der Waals surface area contributed by atoms with E-state index in [1.165, 1.54) is 12.8 Å². The first-order chi connectivity index (χ1) is 5.95. The Labute approximate surface area is 81.3 Å². The molecule has 0 rings (SSSR count). The van der Waals surface area contributed by atoms with E-state index in [1.54, 1.807) is 0 Å². The summed E-state index contributed by atoms with van der Waals surface area (Å²) in [6, 6.07) is 0. The molecule has 0 radical (unpaired) electrons. The zero-order valence-electron chi connectivity index (χ0n) is 8.49. The van der Waals surface area contributed by atoms with Gasteiger partial charge in [-0.2, -0.15) is 8.42 Å². The molecule has 1 atom stereocenters. The number of hydrogen-bond acceptors (Lipinski definition) is 2. The SMILES string of the molecule is CCCCC(C)CCCS(=O)(=O)O. The van der Waals surface area contributed by atoms with Crippen LogP contribution < -0.4 is 0 Å². The highest BCUT2D eigenvalue weighted by Gasteiger charge is 2.06. The van der Waals surface area contributed by atoms with Gasteiger partial charge in [0.15, 0.2) is 0 Å². The predicted octanol–water partition coefficient (Wildman–Crippen LogP) is 2.48. The average Bonchev–Trinajstić information content (AvgIpc) is 1.98. The van der Waals surface area contributed by atoms with Crippen LogP contribution in [0.2, 0.25) is 0 Å². The third kappa shape index (κ3) is 9.83. The summed E-state index contributed by atoms with van der Waals surface area (Å²) < 4.78 is 29.2. The number of hydrogen-bond donors (Lipinski definition) is 1. The molecule has 0 saturated heterocycles. The second kappa shape index (κ2) is 6.38. The Hall–Kier alpha value is -0.0900. The topological polar surface area (TPSA) is 54.4 Å². The maximum Gasteiger partial charge on any atom is 0.264 e. The predicted molar refractivity (Wildman–Crippen MR) is 54.3 cm³/mol. The molecule has 0 aromatic heterocycles. The Morgan fingerprint density at radius 2 is 1.77 bits per heavy atom.